The minimum absolute atomic E-state index is 0.114. The second-order valence-electron chi connectivity index (χ2n) is 12.0. The molecule has 3 aliphatic heterocycles. The Bertz CT molecular complexity index is 1470. The molecule has 230 valence electrons. The van der Waals surface area contributed by atoms with Crippen molar-refractivity contribution < 1.29 is 33.2 Å². The van der Waals surface area contributed by atoms with Crippen LogP contribution < -0.4 is 24.3 Å². The molecule has 6 rings (SSSR count). The van der Waals surface area contributed by atoms with Crippen LogP contribution in [0.3, 0.4) is 0 Å². The van der Waals surface area contributed by atoms with Gasteiger partial charge in [-0.3, -0.25) is 0 Å². The van der Waals surface area contributed by atoms with Crippen molar-refractivity contribution >= 4 is 40.1 Å². The van der Waals surface area contributed by atoms with Crippen LogP contribution in [-0.2, 0) is 9.47 Å². The zero-order valence-electron chi connectivity index (χ0n) is 24.7. The van der Waals surface area contributed by atoms with Gasteiger partial charge in [0.15, 0.2) is 17.8 Å². The summed E-state index contributed by atoms with van der Waals surface area (Å²) in [7, 11) is 0. The number of nitrogens with zero attached hydrogens (tertiary/aromatic N) is 3. The van der Waals surface area contributed by atoms with Crippen LogP contribution >= 0.6 is 11.6 Å². The number of amides is 1. The maximum atomic E-state index is 12.5. The average Bonchev–Trinajstić information content (AvgIpc) is 3.47. The molecule has 0 bridgehead atoms. The second kappa shape index (κ2) is 12.5. The summed E-state index contributed by atoms with van der Waals surface area (Å²) in [5.74, 6) is 3.10. The topological polar surface area (TPSA) is 114 Å². The van der Waals surface area contributed by atoms with E-state index in [9.17, 15) is 4.79 Å². The number of ether oxygens (including phenoxy) is 6. The van der Waals surface area contributed by atoms with Crippen LogP contribution in [0.25, 0.3) is 10.9 Å². The van der Waals surface area contributed by atoms with Crippen LogP contribution in [0.1, 0.15) is 52.9 Å². The fourth-order valence-corrected chi connectivity index (χ4v) is 5.55. The molecule has 3 aliphatic rings. The van der Waals surface area contributed by atoms with E-state index in [0.29, 0.717) is 82.7 Å². The molecule has 43 heavy (non-hydrogen) atoms. The molecule has 12 heteroatoms. The number of hydrogen-bond acceptors (Lipinski definition) is 10. The number of piperidine rings is 1. The molecule has 0 radical (unpaired) electrons. The van der Waals surface area contributed by atoms with Gasteiger partial charge in [0.25, 0.3) is 0 Å². The number of hydrogen-bond donors (Lipinski definition) is 1. The number of halogens is 1. The van der Waals surface area contributed by atoms with Crippen molar-refractivity contribution in [3.8, 4) is 23.0 Å². The highest BCUT2D eigenvalue weighted by Gasteiger charge is 2.28. The van der Waals surface area contributed by atoms with Crippen LogP contribution in [-0.4, -0.2) is 65.9 Å². The fraction of sp³-hybridized carbons (Fsp3) is 0.516. The van der Waals surface area contributed by atoms with E-state index in [1.807, 2.05) is 32.9 Å². The second-order valence-corrected chi connectivity index (χ2v) is 12.4. The zero-order valence-corrected chi connectivity index (χ0v) is 25.4. The number of fused-ring (bicyclic) bond motifs is 2. The largest absolute Gasteiger partial charge is 0.493 e. The molecule has 2 saturated heterocycles. The summed E-state index contributed by atoms with van der Waals surface area (Å²) in [5, 5.41) is 4.46. The first-order valence-corrected chi connectivity index (χ1v) is 15.1. The van der Waals surface area contributed by atoms with E-state index in [0.717, 1.165) is 32.1 Å². The SMILES string of the molecule is CC(C)(C)OC(=O)N1CCC(COc2cc(OC3CCCCO3)c3c(Nc4c(Cl)ccc5c4OCO5)ncnc3c2)CC1. The summed E-state index contributed by atoms with van der Waals surface area (Å²) in [6.45, 7) is 8.17. The van der Waals surface area contributed by atoms with Gasteiger partial charge in [-0.15, -0.1) is 0 Å². The van der Waals surface area contributed by atoms with Crippen LogP contribution in [0.4, 0.5) is 16.3 Å². The monoisotopic (exact) mass is 612 g/mol. The Balaban J connectivity index is 1.22. The van der Waals surface area contributed by atoms with Gasteiger partial charge in [0.05, 0.1) is 29.1 Å². The van der Waals surface area contributed by atoms with Crippen molar-refractivity contribution in [3.05, 3.63) is 35.6 Å². The smallest absolute Gasteiger partial charge is 0.410 e. The summed E-state index contributed by atoms with van der Waals surface area (Å²) >= 11 is 6.56. The van der Waals surface area contributed by atoms with Crippen molar-refractivity contribution in [1.82, 2.24) is 14.9 Å². The summed E-state index contributed by atoms with van der Waals surface area (Å²) in [6.07, 6.45) is 5.29. The number of nitrogens with one attached hydrogen (secondary N) is 1. The molecule has 1 unspecified atom stereocenters. The van der Waals surface area contributed by atoms with Gasteiger partial charge in [0.1, 0.15) is 34.9 Å². The molecule has 2 fully saturated rings. The molecule has 1 amide bonds. The molecule has 1 atom stereocenters. The molecule has 11 nitrogen and oxygen atoms in total. The van der Waals surface area contributed by atoms with E-state index in [-0.39, 0.29) is 12.9 Å². The number of rotatable bonds is 7. The summed E-state index contributed by atoms with van der Waals surface area (Å²) in [4.78, 5) is 23.3. The van der Waals surface area contributed by atoms with Gasteiger partial charge in [0.2, 0.25) is 6.79 Å². The lowest BCUT2D eigenvalue weighted by Gasteiger charge is -2.33. The number of carbonyl (C=O) groups excluding carboxylic acids is 1. The Kier molecular flexibility index (Phi) is 8.54. The lowest BCUT2D eigenvalue weighted by Crippen LogP contribution is -2.42. The third-order valence-corrected chi connectivity index (χ3v) is 7.87. The molecule has 0 saturated carbocycles. The van der Waals surface area contributed by atoms with Crippen molar-refractivity contribution in [2.75, 3.05) is 38.4 Å². The number of likely N-dealkylation sites (tertiary alicyclic amines) is 1. The van der Waals surface area contributed by atoms with E-state index in [4.69, 9.17) is 40.0 Å². The minimum Gasteiger partial charge on any atom is -0.493 e. The first kappa shape index (κ1) is 29.4. The molecule has 2 aromatic carbocycles. The third-order valence-electron chi connectivity index (χ3n) is 7.56. The maximum Gasteiger partial charge on any atom is 0.410 e. The molecule has 3 aromatic rings. The molecular weight excluding hydrogens is 576 g/mol. The molecule has 1 aromatic heterocycles. The summed E-state index contributed by atoms with van der Waals surface area (Å²) in [6, 6.07) is 7.26. The van der Waals surface area contributed by atoms with Gasteiger partial charge < -0.3 is 38.6 Å². The lowest BCUT2D eigenvalue weighted by molar-refractivity contribution is -0.105. The van der Waals surface area contributed by atoms with Gasteiger partial charge in [-0.25, -0.2) is 14.8 Å². The van der Waals surface area contributed by atoms with Gasteiger partial charge in [-0.05, 0) is 64.5 Å². The maximum absolute atomic E-state index is 12.5. The van der Waals surface area contributed by atoms with Crippen molar-refractivity contribution in [3.63, 3.8) is 0 Å². The van der Waals surface area contributed by atoms with Gasteiger partial charge >= 0.3 is 6.09 Å². The number of anilines is 2. The highest BCUT2D eigenvalue weighted by molar-refractivity contribution is 6.34. The van der Waals surface area contributed by atoms with E-state index in [2.05, 4.69) is 15.3 Å². The number of aromatic nitrogens is 2. The van der Waals surface area contributed by atoms with Crippen LogP contribution in [0, 0.1) is 5.92 Å². The third kappa shape index (κ3) is 6.94. The predicted octanol–water partition coefficient (Wildman–Crippen LogP) is 6.69. The average molecular weight is 613 g/mol. The zero-order chi connectivity index (χ0) is 30.0. The fourth-order valence-electron chi connectivity index (χ4n) is 5.35. The summed E-state index contributed by atoms with van der Waals surface area (Å²) in [5.41, 5.74) is 0.681. The quantitative estimate of drug-likeness (QED) is 0.310. The van der Waals surface area contributed by atoms with Gasteiger partial charge in [0, 0.05) is 31.6 Å². The lowest BCUT2D eigenvalue weighted by atomic mass is 9.98. The molecule has 0 spiro atoms. The van der Waals surface area contributed by atoms with E-state index in [1.54, 1.807) is 17.0 Å². The molecular formula is C31H37ClN4O7. The normalized spacial score (nSPS) is 18.9. The van der Waals surface area contributed by atoms with E-state index >= 15 is 0 Å². The van der Waals surface area contributed by atoms with Gasteiger partial charge in [-0.1, -0.05) is 11.6 Å². The predicted molar refractivity (Wildman–Crippen MR) is 161 cm³/mol. The van der Waals surface area contributed by atoms with Crippen LogP contribution in [0.15, 0.2) is 30.6 Å². The highest BCUT2D eigenvalue weighted by atomic mass is 35.5. The minimum atomic E-state index is -0.510. The van der Waals surface area contributed by atoms with Crippen LogP contribution in [0.5, 0.6) is 23.0 Å². The van der Waals surface area contributed by atoms with E-state index in [1.165, 1.54) is 6.33 Å². The Morgan fingerprint density at radius 2 is 1.95 bits per heavy atom. The van der Waals surface area contributed by atoms with E-state index < -0.39 is 11.9 Å². The molecule has 1 N–H and O–H groups in total. The Morgan fingerprint density at radius 3 is 2.72 bits per heavy atom. The molecule has 4 heterocycles. The summed E-state index contributed by atoms with van der Waals surface area (Å²) < 4.78 is 35.4. The van der Waals surface area contributed by atoms with Crippen molar-refractivity contribution in [2.45, 2.75) is 64.8 Å². The van der Waals surface area contributed by atoms with Crippen molar-refractivity contribution in [1.29, 1.82) is 0 Å². The van der Waals surface area contributed by atoms with Gasteiger partial charge in [-0.2, -0.15) is 0 Å². The number of carbonyl (C=O) groups is 1. The Morgan fingerprint density at radius 1 is 1.12 bits per heavy atom. The standard InChI is InChI=1S/C31H37ClN4O7/c1-31(2,3)43-30(37)36-11-9-19(10-12-36)16-39-20-14-22-26(24(15-20)42-25-6-4-5-13-38-25)29(34-17-33-22)35-27-21(32)7-8-23-28(27)41-18-40-23/h7-8,14-15,17,19,25H,4-6,9-13,16,18H2,1-3H3,(H,33,34,35). The van der Waals surface area contributed by atoms with Crippen molar-refractivity contribution in [2.24, 2.45) is 5.92 Å². The highest BCUT2D eigenvalue weighted by Crippen LogP contribution is 2.46. The van der Waals surface area contributed by atoms with Crippen LogP contribution in [0.2, 0.25) is 5.02 Å². The first-order valence-electron chi connectivity index (χ1n) is 14.8. The number of benzene rings is 2. The first-order chi connectivity index (χ1) is 20.7. The Labute approximate surface area is 255 Å². The molecule has 0 aliphatic carbocycles. The Hall–Kier alpha value is -3.70.